The van der Waals surface area contributed by atoms with Crippen LogP contribution in [0.3, 0.4) is 0 Å². The number of nitrogens with zero attached hydrogens (tertiary/aromatic N) is 2. The minimum atomic E-state index is -0.171. The van der Waals surface area contributed by atoms with E-state index in [1.165, 1.54) is 48.8 Å². The van der Waals surface area contributed by atoms with Gasteiger partial charge in [0.25, 0.3) is 0 Å². The minimum Gasteiger partial charge on any atom is -0.351 e. The number of aromatic nitrogens is 1. The molecule has 1 aliphatic rings. The van der Waals surface area contributed by atoms with E-state index in [-0.39, 0.29) is 11.2 Å². The number of likely N-dealkylation sites (tertiary alicyclic amines) is 1. The second-order valence-electron chi connectivity index (χ2n) is 7.37. The Morgan fingerprint density at radius 2 is 1.89 bits per heavy atom. The van der Waals surface area contributed by atoms with Gasteiger partial charge in [-0.1, -0.05) is 49.0 Å². The zero-order chi connectivity index (χ0) is 19.1. The summed E-state index contributed by atoms with van der Waals surface area (Å²) in [4.78, 5) is 19.3. The van der Waals surface area contributed by atoms with Crippen LogP contribution in [0.4, 0.5) is 0 Å². The predicted octanol–water partition coefficient (Wildman–Crippen LogP) is 4.11. The van der Waals surface area contributed by atoms with Crippen LogP contribution in [0.25, 0.3) is 0 Å². The van der Waals surface area contributed by atoms with Gasteiger partial charge in [0.2, 0.25) is 5.91 Å². The molecule has 0 radical (unpaired) electrons. The fourth-order valence-electron chi connectivity index (χ4n) is 3.32. The lowest BCUT2D eigenvalue weighted by Gasteiger charge is -2.30. The third-order valence-electron chi connectivity index (χ3n) is 5.15. The van der Waals surface area contributed by atoms with Crippen LogP contribution < -0.4 is 5.32 Å². The first-order valence-electron chi connectivity index (χ1n) is 9.76. The van der Waals surface area contributed by atoms with Crippen molar-refractivity contribution in [2.75, 3.05) is 13.1 Å². The van der Waals surface area contributed by atoms with Gasteiger partial charge >= 0.3 is 0 Å². The predicted molar refractivity (Wildman–Crippen MR) is 112 cm³/mol. The summed E-state index contributed by atoms with van der Waals surface area (Å²) in [5.74, 6) is 0.890. The Labute approximate surface area is 166 Å². The average Bonchev–Trinajstić information content (AvgIpc) is 2.69. The van der Waals surface area contributed by atoms with Crippen molar-refractivity contribution < 1.29 is 4.79 Å². The number of rotatable bonds is 7. The van der Waals surface area contributed by atoms with Crippen molar-refractivity contribution in [1.82, 2.24) is 15.2 Å². The quantitative estimate of drug-likeness (QED) is 0.731. The lowest BCUT2D eigenvalue weighted by atomic mass is 9.98. The van der Waals surface area contributed by atoms with Gasteiger partial charge in [-0.15, -0.1) is 0 Å². The summed E-state index contributed by atoms with van der Waals surface area (Å²) in [6.07, 6.45) is 4.31. The van der Waals surface area contributed by atoms with Crippen molar-refractivity contribution in [3.05, 3.63) is 59.8 Å². The Balaban J connectivity index is 1.53. The van der Waals surface area contributed by atoms with E-state index in [1.807, 2.05) is 25.1 Å². The van der Waals surface area contributed by atoms with E-state index in [9.17, 15) is 4.79 Å². The highest BCUT2D eigenvalue weighted by Crippen LogP contribution is 2.21. The Bertz CT molecular complexity index is 729. The summed E-state index contributed by atoms with van der Waals surface area (Å²) >= 11 is 1.49. The molecule has 4 nitrogen and oxygen atoms in total. The molecule has 0 bridgehead atoms. The number of benzene rings is 1. The number of amides is 1. The van der Waals surface area contributed by atoms with E-state index in [0.717, 1.165) is 17.5 Å². The molecular weight excluding hydrogens is 354 g/mol. The summed E-state index contributed by atoms with van der Waals surface area (Å²) in [5, 5.41) is 3.80. The van der Waals surface area contributed by atoms with Crippen molar-refractivity contribution in [3.63, 3.8) is 0 Å². The molecule has 27 heavy (non-hydrogen) atoms. The number of piperidine rings is 1. The minimum absolute atomic E-state index is 0.0484. The lowest BCUT2D eigenvalue weighted by molar-refractivity contribution is -0.120. The summed E-state index contributed by atoms with van der Waals surface area (Å²) < 4.78 is 0. The molecule has 1 amide bonds. The molecule has 0 saturated carbocycles. The van der Waals surface area contributed by atoms with Crippen molar-refractivity contribution in [1.29, 1.82) is 0 Å². The Morgan fingerprint density at radius 3 is 2.59 bits per heavy atom. The average molecular weight is 384 g/mol. The molecule has 1 fully saturated rings. The maximum Gasteiger partial charge on any atom is 0.233 e. The first-order chi connectivity index (χ1) is 13.1. The SMILES string of the molecule is CC1CCN(Cc2ccccc2CNC(=O)[C@@H](C)Sc2ccccn2)CC1. The lowest BCUT2D eigenvalue weighted by Crippen LogP contribution is -2.33. The van der Waals surface area contributed by atoms with E-state index >= 15 is 0 Å². The number of hydrogen-bond acceptors (Lipinski definition) is 4. The van der Waals surface area contributed by atoms with E-state index in [2.05, 4.69) is 46.4 Å². The molecular formula is C22H29N3OS. The molecule has 0 unspecified atom stereocenters. The number of nitrogens with one attached hydrogen (secondary N) is 1. The van der Waals surface area contributed by atoms with Gasteiger partial charge in [0.05, 0.1) is 10.3 Å². The van der Waals surface area contributed by atoms with Gasteiger partial charge in [0.1, 0.15) is 0 Å². The van der Waals surface area contributed by atoms with E-state index in [4.69, 9.17) is 0 Å². The van der Waals surface area contributed by atoms with Gasteiger partial charge in [0.15, 0.2) is 0 Å². The largest absolute Gasteiger partial charge is 0.351 e. The Morgan fingerprint density at radius 1 is 1.19 bits per heavy atom. The summed E-state index contributed by atoms with van der Waals surface area (Å²) in [7, 11) is 0. The molecule has 3 rings (SSSR count). The van der Waals surface area contributed by atoms with Crippen molar-refractivity contribution in [3.8, 4) is 0 Å². The molecule has 1 saturated heterocycles. The first-order valence-corrected chi connectivity index (χ1v) is 10.6. The molecule has 1 atom stereocenters. The smallest absolute Gasteiger partial charge is 0.233 e. The van der Waals surface area contributed by atoms with Crippen LogP contribution in [0, 0.1) is 5.92 Å². The van der Waals surface area contributed by atoms with Crippen molar-refractivity contribution in [2.45, 2.75) is 50.1 Å². The van der Waals surface area contributed by atoms with Gasteiger partial charge in [0, 0.05) is 19.3 Å². The van der Waals surface area contributed by atoms with Crippen LogP contribution in [-0.4, -0.2) is 34.1 Å². The van der Waals surface area contributed by atoms with E-state index in [0.29, 0.717) is 6.54 Å². The molecule has 1 aromatic heterocycles. The molecule has 5 heteroatoms. The summed E-state index contributed by atoms with van der Waals surface area (Å²) in [5.41, 5.74) is 2.52. The third-order valence-corrected chi connectivity index (χ3v) is 6.20. The molecule has 1 aromatic carbocycles. The fraction of sp³-hybridized carbons (Fsp3) is 0.455. The van der Waals surface area contributed by atoms with Gasteiger partial charge in [-0.25, -0.2) is 4.98 Å². The zero-order valence-electron chi connectivity index (χ0n) is 16.2. The normalized spacial score (nSPS) is 16.8. The topological polar surface area (TPSA) is 45.2 Å². The van der Waals surface area contributed by atoms with Gasteiger partial charge < -0.3 is 5.32 Å². The molecule has 1 N–H and O–H groups in total. The molecule has 0 aliphatic carbocycles. The number of hydrogen-bond donors (Lipinski definition) is 1. The number of carbonyl (C=O) groups excluding carboxylic acids is 1. The Hall–Kier alpha value is -1.85. The molecule has 144 valence electrons. The molecule has 0 spiro atoms. The van der Waals surface area contributed by atoms with Crippen LogP contribution in [0.2, 0.25) is 0 Å². The highest BCUT2D eigenvalue weighted by atomic mass is 32.2. The number of pyridine rings is 1. The second kappa shape index (κ2) is 9.90. The maximum absolute atomic E-state index is 12.5. The zero-order valence-corrected chi connectivity index (χ0v) is 17.0. The van der Waals surface area contributed by atoms with Crippen LogP contribution in [0.1, 0.15) is 37.8 Å². The first kappa shape index (κ1) is 19.9. The molecule has 2 heterocycles. The van der Waals surface area contributed by atoms with Crippen molar-refractivity contribution in [2.24, 2.45) is 5.92 Å². The monoisotopic (exact) mass is 383 g/mol. The number of carbonyl (C=O) groups is 1. The highest BCUT2D eigenvalue weighted by molar-refractivity contribution is 8.00. The second-order valence-corrected chi connectivity index (χ2v) is 8.73. The number of thioether (sulfide) groups is 1. The molecule has 1 aliphatic heterocycles. The summed E-state index contributed by atoms with van der Waals surface area (Å²) in [6, 6.07) is 14.2. The van der Waals surface area contributed by atoms with Crippen LogP contribution in [0.15, 0.2) is 53.7 Å². The summed E-state index contributed by atoms with van der Waals surface area (Å²) in [6.45, 7) is 8.14. The van der Waals surface area contributed by atoms with Crippen LogP contribution >= 0.6 is 11.8 Å². The van der Waals surface area contributed by atoms with Crippen LogP contribution in [-0.2, 0) is 17.9 Å². The standard InChI is InChI=1S/C22H29N3OS/c1-17-10-13-25(14-11-17)16-20-8-4-3-7-19(20)15-24-22(26)18(2)27-21-9-5-6-12-23-21/h3-9,12,17-18H,10-11,13-16H2,1-2H3,(H,24,26)/t18-/m1/s1. The van der Waals surface area contributed by atoms with Gasteiger partial charge in [-0.05, 0) is 62.0 Å². The van der Waals surface area contributed by atoms with Crippen molar-refractivity contribution >= 4 is 17.7 Å². The van der Waals surface area contributed by atoms with E-state index < -0.39 is 0 Å². The fourth-order valence-corrected chi connectivity index (χ4v) is 4.15. The highest BCUT2D eigenvalue weighted by Gasteiger charge is 2.18. The third kappa shape index (κ3) is 6.08. The van der Waals surface area contributed by atoms with Crippen LogP contribution in [0.5, 0.6) is 0 Å². The maximum atomic E-state index is 12.5. The Kier molecular flexibility index (Phi) is 7.30. The van der Waals surface area contributed by atoms with Gasteiger partial charge in [-0.3, -0.25) is 9.69 Å². The van der Waals surface area contributed by atoms with Gasteiger partial charge in [-0.2, -0.15) is 0 Å². The van der Waals surface area contributed by atoms with E-state index in [1.54, 1.807) is 6.20 Å². The molecule has 2 aromatic rings.